The molecule has 0 spiro atoms. The van der Waals surface area contributed by atoms with E-state index in [0.29, 0.717) is 0 Å². The first-order valence-corrected chi connectivity index (χ1v) is 12.7. The topological polar surface area (TPSA) is 109 Å². The lowest BCUT2D eigenvalue weighted by atomic mass is 9.96. The summed E-state index contributed by atoms with van der Waals surface area (Å²) < 4.78 is 0. The van der Waals surface area contributed by atoms with Crippen molar-refractivity contribution in [3.8, 4) is 0 Å². The molecule has 2 aromatic rings. The van der Waals surface area contributed by atoms with Gasteiger partial charge in [0.2, 0.25) is 0 Å². The number of Topliss-reactive ketones (excluding diaryl/α,β-unsaturated/α-hetero) is 4. The van der Waals surface area contributed by atoms with Gasteiger partial charge in [-0.2, -0.15) is 0 Å². The monoisotopic (exact) mass is 516 g/mol. The van der Waals surface area contributed by atoms with Gasteiger partial charge in [-0.15, -0.1) is 0 Å². The van der Waals surface area contributed by atoms with Crippen LogP contribution in [0.25, 0.3) is 0 Å². The maximum atomic E-state index is 13.3. The molecule has 0 aromatic heterocycles. The summed E-state index contributed by atoms with van der Waals surface area (Å²) in [6, 6.07) is 9.18. The highest BCUT2D eigenvalue weighted by atomic mass is 32.1. The number of nitrogens with one attached hydrogen (secondary N) is 2. The smallest absolute Gasteiger partial charge is 0.193 e. The zero-order valence-corrected chi connectivity index (χ0v) is 20.6. The summed E-state index contributed by atoms with van der Waals surface area (Å²) in [5, 5.41) is 6.12. The Morgan fingerprint density at radius 2 is 0.972 bits per heavy atom. The Bertz CT molecular complexity index is 1350. The fourth-order valence-electron chi connectivity index (χ4n) is 4.74. The van der Waals surface area contributed by atoms with Crippen LogP contribution in [-0.2, 0) is 0 Å². The Balaban J connectivity index is 1.26. The molecule has 36 heavy (non-hydrogen) atoms. The molecule has 7 nitrogen and oxygen atoms in total. The van der Waals surface area contributed by atoms with E-state index in [1.165, 1.54) is 36.4 Å². The van der Waals surface area contributed by atoms with Gasteiger partial charge in [0.15, 0.2) is 28.9 Å². The number of thiocarbonyl (C=S) groups is 2. The van der Waals surface area contributed by atoms with Crippen molar-refractivity contribution in [2.24, 2.45) is 11.8 Å². The first-order chi connectivity index (χ1) is 17.2. The quantitative estimate of drug-likeness (QED) is 0.340. The SMILES string of the molecule is O=C(c1ccc2c(c1)C(=O)C(C(=S)NC1CC1)C2=O)c1ccc2c(c1)C(=O)C(C(=S)NC1CC1)C2=O. The van der Waals surface area contributed by atoms with Crippen LogP contribution < -0.4 is 10.6 Å². The van der Waals surface area contributed by atoms with Crippen LogP contribution in [0, 0.1) is 11.8 Å². The molecule has 6 rings (SSSR count). The lowest BCUT2D eigenvalue weighted by molar-refractivity contribution is 0.0867. The zero-order valence-electron chi connectivity index (χ0n) is 19.0. The Morgan fingerprint density at radius 1 is 0.611 bits per heavy atom. The minimum Gasteiger partial charge on any atom is -0.376 e. The number of carbonyl (C=O) groups excluding carboxylic acids is 5. The number of fused-ring (bicyclic) bond motifs is 2. The van der Waals surface area contributed by atoms with Crippen molar-refractivity contribution >= 4 is 63.3 Å². The fraction of sp³-hybridized carbons (Fsp3) is 0.296. The summed E-state index contributed by atoms with van der Waals surface area (Å²) in [4.78, 5) is 65.4. The second kappa shape index (κ2) is 8.31. The van der Waals surface area contributed by atoms with Crippen LogP contribution in [0.2, 0.25) is 0 Å². The lowest BCUT2D eigenvalue weighted by Crippen LogP contribution is -2.36. The third-order valence-electron chi connectivity index (χ3n) is 7.05. The summed E-state index contributed by atoms with van der Waals surface area (Å²) in [5.41, 5.74) is 1.23. The van der Waals surface area contributed by atoms with Crippen molar-refractivity contribution in [2.45, 2.75) is 37.8 Å². The molecule has 0 heterocycles. The van der Waals surface area contributed by atoms with Gasteiger partial charge in [0.05, 0.1) is 9.98 Å². The predicted octanol–water partition coefficient (Wildman–Crippen LogP) is 3.07. The van der Waals surface area contributed by atoms with Crippen molar-refractivity contribution in [3.63, 3.8) is 0 Å². The van der Waals surface area contributed by atoms with Crippen molar-refractivity contribution in [1.82, 2.24) is 10.6 Å². The molecule has 0 saturated heterocycles. The molecule has 2 fully saturated rings. The molecule has 2 unspecified atom stereocenters. The fourth-order valence-corrected chi connectivity index (χ4v) is 5.50. The van der Waals surface area contributed by atoms with Crippen molar-refractivity contribution in [1.29, 1.82) is 0 Å². The molecular weight excluding hydrogens is 496 g/mol. The van der Waals surface area contributed by atoms with E-state index in [1.807, 2.05) is 0 Å². The van der Waals surface area contributed by atoms with E-state index in [0.717, 1.165) is 25.7 Å². The van der Waals surface area contributed by atoms with Gasteiger partial charge in [0.1, 0.15) is 11.8 Å². The van der Waals surface area contributed by atoms with Gasteiger partial charge in [-0.05, 0) is 49.9 Å². The molecule has 180 valence electrons. The van der Waals surface area contributed by atoms with Crippen molar-refractivity contribution in [2.75, 3.05) is 0 Å². The molecule has 0 bridgehead atoms. The van der Waals surface area contributed by atoms with Crippen LogP contribution in [0.5, 0.6) is 0 Å². The maximum absolute atomic E-state index is 13.3. The average Bonchev–Trinajstić information content (AvgIpc) is 3.79. The van der Waals surface area contributed by atoms with Crippen LogP contribution in [0.15, 0.2) is 36.4 Å². The number of hydrogen-bond donors (Lipinski definition) is 2. The Labute approximate surface area is 217 Å². The Kier molecular flexibility index (Phi) is 5.31. The summed E-state index contributed by atoms with van der Waals surface area (Å²) in [6.45, 7) is 0. The summed E-state index contributed by atoms with van der Waals surface area (Å²) in [7, 11) is 0. The molecule has 2 atom stereocenters. The molecule has 2 saturated carbocycles. The molecule has 4 aliphatic rings. The van der Waals surface area contributed by atoms with Crippen LogP contribution in [0.1, 0.15) is 83.0 Å². The molecule has 2 aromatic carbocycles. The average molecular weight is 517 g/mol. The third kappa shape index (κ3) is 3.74. The van der Waals surface area contributed by atoms with Crippen molar-refractivity contribution in [3.05, 3.63) is 69.8 Å². The van der Waals surface area contributed by atoms with E-state index in [1.54, 1.807) is 0 Å². The van der Waals surface area contributed by atoms with Gasteiger partial charge in [0.25, 0.3) is 0 Å². The van der Waals surface area contributed by atoms with E-state index in [2.05, 4.69) is 10.6 Å². The second-order valence-electron chi connectivity index (χ2n) is 9.74. The molecule has 0 amide bonds. The number of hydrogen-bond acceptors (Lipinski definition) is 7. The maximum Gasteiger partial charge on any atom is 0.193 e. The van der Waals surface area contributed by atoms with Gasteiger partial charge in [-0.3, -0.25) is 24.0 Å². The minimum atomic E-state index is -1.06. The van der Waals surface area contributed by atoms with E-state index < -0.39 is 29.2 Å². The van der Waals surface area contributed by atoms with Crippen LogP contribution in [0.4, 0.5) is 0 Å². The van der Waals surface area contributed by atoms with Crippen LogP contribution in [0.3, 0.4) is 0 Å². The molecule has 0 radical (unpaired) electrons. The van der Waals surface area contributed by atoms with Gasteiger partial charge < -0.3 is 10.6 Å². The highest BCUT2D eigenvalue weighted by Crippen LogP contribution is 2.33. The molecule has 2 N–H and O–H groups in total. The molecule has 0 aliphatic heterocycles. The highest BCUT2D eigenvalue weighted by Gasteiger charge is 2.44. The summed E-state index contributed by atoms with van der Waals surface area (Å²) in [6.07, 6.45) is 3.83. The van der Waals surface area contributed by atoms with E-state index in [4.69, 9.17) is 24.4 Å². The Morgan fingerprint density at radius 3 is 1.33 bits per heavy atom. The normalized spacial score (nSPS) is 22.3. The van der Waals surface area contributed by atoms with Crippen molar-refractivity contribution < 1.29 is 24.0 Å². The van der Waals surface area contributed by atoms with Gasteiger partial charge in [0, 0.05) is 45.5 Å². The summed E-state index contributed by atoms with van der Waals surface area (Å²) >= 11 is 10.6. The minimum absolute atomic E-state index is 0.166. The third-order valence-corrected chi connectivity index (χ3v) is 7.75. The number of rotatable bonds is 6. The molecule has 9 heteroatoms. The standard InChI is InChI=1S/C27H20N2O5S2/c30-21(11-1-7-15-17(9-11)24(33)19(22(15)31)26(35)28-13-3-4-13)12-2-8-16-18(10-12)25(34)20(23(16)32)27(36)29-14-5-6-14/h1-2,7-10,13-14,19-20H,3-6H2,(H,28,35)(H,29,36). The molecule has 4 aliphatic carbocycles. The van der Waals surface area contributed by atoms with Crippen LogP contribution >= 0.6 is 24.4 Å². The lowest BCUT2D eigenvalue weighted by Gasteiger charge is -2.10. The highest BCUT2D eigenvalue weighted by molar-refractivity contribution is 7.80. The second-order valence-corrected chi connectivity index (χ2v) is 10.6. The van der Waals surface area contributed by atoms with Gasteiger partial charge in [-0.25, -0.2) is 0 Å². The zero-order chi connectivity index (χ0) is 25.3. The number of benzene rings is 2. The van der Waals surface area contributed by atoms with Gasteiger partial charge >= 0.3 is 0 Å². The van der Waals surface area contributed by atoms with E-state index in [-0.39, 0.29) is 67.0 Å². The number of carbonyl (C=O) groups is 5. The number of ketones is 5. The van der Waals surface area contributed by atoms with E-state index in [9.17, 15) is 24.0 Å². The van der Waals surface area contributed by atoms with E-state index >= 15 is 0 Å². The first-order valence-electron chi connectivity index (χ1n) is 11.8. The largest absolute Gasteiger partial charge is 0.376 e. The molecular formula is C27H20N2O5S2. The van der Waals surface area contributed by atoms with Crippen LogP contribution in [-0.4, -0.2) is 51.0 Å². The van der Waals surface area contributed by atoms with Gasteiger partial charge in [-0.1, -0.05) is 36.6 Å². The predicted molar refractivity (Wildman–Crippen MR) is 138 cm³/mol. The first kappa shape index (κ1) is 23.0. The summed E-state index contributed by atoms with van der Waals surface area (Å²) in [5.74, 6) is -4.12. The Hall–Kier alpha value is -3.43.